The summed E-state index contributed by atoms with van der Waals surface area (Å²) in [5, 5.41) is 2.85. The molecule has 0 radical (unpaired) electrons. The van der Waals surface area contributed by atoms with Crippen LogP contribution in [0.25, 0.3) is 0 Å². The van der Waals surface area contributed by atoms with Crippen molar-refractivity contribution in [3.05, 3.63) is 71.8 Å². The molecule has 2 amide bonds. The minimum Gasteiger partial charge on any atom is -0.355 e. The molecule has 2 aromatic rings. The van der Waals surface area contributed by atoms with Crippen molar-refractivity contribution < 1.29 is 9.59 Å². The second-order valence-electron chi connectivity index (χ2n) is 8.16. The maximum Gasteiger partial charge on any atom is 0.236 e. The van der Waals surface area contributed by atoms with Crippen molar-refractivity contribution in [3.63, 3.8) is 0 Å². The van der Waals surface area contributed by atoms with Crippen LogP contribution in [0.1, 0.15) is 30.5 Å². The molecule has 166 valence electrons. The number of nitrogens with zero attached hydrogens (tertiary/aromatic N) is 3. The highest BCUT2D eigenvalue weighted by molar-refractivity contribution is 5.81. The number of hydrogen-bond donors (Lipinski definition) is 1. The minimum atomic E-state index is -0.0319. The lowest BCUT2D eigenvalue weighted by Crippen LogP contribution is -2.52. The van der Waals surface area contributed by atoms with E-state index in [1.165, 1.54) is 11.1 Å². The molecule has 1 N–H and O–H groups in total. The van der Waals surface area contributed by atoms with Crippen LogP contribution in [0.2, 0.25) is 0 Å². The predicted molar refractivity (Wildman–Crippen MR) is 124 cm³/mol. The Bertz CT molecular complexity index is 780. The molecule has 0 spiro atoms. The van der Waals surface area contributed by atoms with Crippen molar-refractivity contribution in [1.82, 2.24) is 20.0 Å². The summed E-state index contributed by atoms with van der Waals surface area (Å²) in [4.78, 5) is 30.8. The third-order valence-electron chi connectivity index (χ3n) is 5.65. The molecule has 1 fully saturated rings. The number of nitrogens with one attached hydrogen (secondary N) is 1. The highest BCUT2D eigenvalue weighted by Gasteiger charge is 2.28. The van der Waals surface area contributed by atoms with Crippen LogP contribution < -0.4 is 5.32 Å². The summed E-state index contributed by atoms with van der Waals surface area (Å²) >= 11 is 0. The molecule has 31 heavy (non-hydrogen) atoms. The number of hydrogen-bond acceptors (Lipinski definition) is 4. The molecule has 6 heteroatoms. The molecular weight excluding hydrogens is 388 g/mol. The van der Waals surface area contributed by atoms with Crippen LogP contribution in [-0.4, -0.2) is 79.4 Å². The van der Waals surface area contributed by atoms with Gasteiger partial charge in [0.2, 0.25) is 11.8 Å². The third-order valence-corrected chi connectivity index (χ3v) is 5.65. The fraction of sp³-hybridized carbons (Fsp3) is 0.440. The summed E-state index contributed by atoms with van der Waals surface area (Å²) in [6.07, 6.45) is 0.908. The van der Waals surface area contributed by atoms with Gasteiger partial charge in [-0.05, 0) is 24.6 Å². The maximum atomic E-state index is 12.8. The quantitative estimate of drug-likeness (QED) is 0.674. The second kappa shape index (κ2) is 11.6. The number of carbonyl (C=O) groups excluding carboxylic acids is 2. The normalized spacial score (nSPS) is 14.8. The van der Waals surface area contributed by atoms with Crippen molar-refractivity contribution >= 4 is 11.8 Å². The summed E-state index contributed by atoms with van der Waals surface area (Å²) < 4.78 is 0. The number of carbonyl (C=O) groups is 2. The van der Waals surface area contributed by atoms with Gasteiger partial charge >= 0.3 is 0 Å². The van der Waals surface area contributed by atoms with Crippen LogP contribution in [0.5, 0.6) is 0 Å². The van der Waals surface area contributed by atoms with Gasteiger partial charge in [-0.1, -0.05) is 67.6 Å². The van der Waals surface area contributed by atoms with Gasteiger partial charge in [-0.15, -0.1) is 0 Å². The Morgan fingerprint density at radius 1 is 0.903 bits per heavy atom. The zero-order chi connectivity index (χ0) is 22.1. The van der Waals surface area contributed by atoms with Crippen molar-refractivity contribution in [2.45, 2.75) is 19.4 Å². The van der Waals surface area contributed by atoms with Gasteiger partial charge < -0.3 is 10.2 Å². The largest absolute Gasteiger partial charge is 0.355 e. The lowest BCUT2D eigenvalue weighted by molar-refractivity contribution is -0.134. The first kappa shape index (κ1) is 23.0. The Labute approximate surface area is 185 Å². The van der Waals surface area contributed by atoms with E-state index in [-0.39, 0.29) is 30.9 Å². The van der Waals surface area contributed by atoms with E-state index in [1.54, 1.807) is 4.90 Å². The molecule has 1 aliphatic heterocycles. The summed E-state index contributed by atoms with van der Waals surface area (Å²) in [5.74, 6) is 0.0527. The molecule has 0 aliphatic carbocycles. The monoisotopic (exact) mass is 422 g/mol. The zero-order valence-corrected chi connectivity index (χ0v) is 18.7. The molecule has 1 aliphatic rings. The first-order valence-electron chi connectivity index (χ1n) is 11.2. The van der Waals surface area contributed by atoms with E-state index < -0.39 is 0 Å². The van der Waals surface area contributed by atoms with Gasteiger partial charge in [-0.3, -0.25) is 19.4 Å². The summed E-state index contributed by atoms with van der Waals surface area (Å²) in [5.41, 5.74) is 2.54. The molecule has 0 saturated carbocycles. The van der Waals surface area contributed by atoms with Crippen molar-refractivity contribution in [2.24, 2.45) is 0 Å². The zero-order valence-electron chi connectivity index (χ0n) is 18.7. The lowest BCUT2D eigenvalue weighted by atomic mass is 9.96. The Morgan fingerprint density at radius 2 is 1.45 bits per heavy atom. The standard InChI is InChI=1S/C25H34N4O2/c1-3-14-26-23(30)19-27(2)20-24(31)28-15-17-29(18-16-28)25(21-10-6-4-7-11-21)22-12-8-5-9-13-22/h4-13,25H,3,14-20H2,1-2H3,(H,26,30). The minimum absolute atomic E-state index is 0.0319. The molecule has 6 nitrogen and oxygen atoms in total. The van der Waals surface area contributed by atoms with Gasteiger partial charge in [0.1, 0.15) is 0 Å². The highest BCUT2D eigenvalue weighted by atomic mass is 16.2. The average molecular weight is 423 g/mol. The number of likely N-dealkylation sites (N-methyl/N-ethyl adjacent to an activating group) is 1. The number of piperazine rings is 1. The first-order valence-corrected chi connectivity index (χ1v) is 11.2. The lowest BCUT2D eigenvalue weighted by Gasteiger charge is -2.40. The Balaban J connectivity index is 1.57. The Morgan fingerprint density at radius 3 is 1.97 bits per heavy atom. The van der Waals surface area contributed by atoms with Crippen molar-refractivity contribution in [1.29, 1.82) is 0 Å². The van der Waals surface area contributed by atoms with Gasteiger partial charge in [0.05, 0.1) is 19.1 Å². The van der Waals surface area contributed by atoms with Crippen molar-refractivity contribution in [3.8, 4) is 0 Å². The fourth-order valence-corrected chi connectivity index (χ4v) is 4.07. The van der Waals surface area contributed by atoms with Gasteiger partial charge in [-0.25, -0.2) is 0 Å². The van der Waals surface area contributed by atoms with E-state index in [0.29, 0.717) is 19.6 Å². The molecular formula is C25H34N4O2. The summed E-state index contributed by atoms with van der Waals surface area (Å²) in [7, 11) is 1.82. The van der Waals surface area contributed by atoms with E-state index in [1.807, 2.05) is 31.0 Å². The maximum absolute atomic E-state index is 12.8. The van der Waals surface area contributed by atoms with E-state index >= 15 is 0 Å². The summed E-state index contributed by atoms with van der Waals surface area (Å²) in [6, 6.07) is 21.3. The predicted octanol–water partition coefficient (Wildman–Crippen LogP) is 2.38. The van der Waals surface area contributed by atoms with E-state index in [0.717, 1.165) is 19.5 Å². The Hall–Kier alpha value is -2.70. The van der Waals surface area contributed by atoms with Crippen LogP contribution in [0.4, 0.5) is 0 Å². The van der Waals surface area contributed by atoms with Crippen LogP contribution in [0, 0.1) is 0 Å². The van der Waals surface area contributed by atoms with Gasteiger partial charge in [-0.2, -0.15) is 0 Å². The van der Waals surface area contributed by atoms with Crippen LogP contribution in [0.15, 0.2) is 60.7 Å². The summed E-state index contributed by atoms with van der Waals surface area (Å²) in [6.45, 7) is 6.24. The second-order valence-corrected chi connectivity index (χ2v) is 8.16. The number of rotatable bonds is 9. The number of benzene rings is 2. The van der Waals surface area contributed by atoms with E-state index in [4.69, 9.17) is 0 Å². The van der Waals surface area contributed by atoms with E-state index in [9.17, 15) is 9.59 Å². The average Bonchev–Trinajstić information content (AvgIpc) is 2.79. The molecule has 0 aromatic heterocycles. The van der Waals surface area contributed by atoms with Crippen LogP contribution in [-0.2, 0) is 9.59 Å². The fourth-order valence-electron chi connectivity index (χ4n) is 4.07. The topological polar surface area (TPSA) is 55.9 Å². The third kappa shape index (κ3) is 6.64. The molecule has 0 atom stereocenters. The highest BCUT2D eigenvalue weighted by Crippen LogP contribution is 2.29. The van der Waals surface area contributed by atoms with Crippen molar-refractivity contribution in [2.75, 3.05) is 52.9 Å². The molecule has 0 bridgehead atoms. The van der Waals surface area contributed by atoms with Crippen LogP contribution >= 0.6 is 0 Å². The molecule has 2 aromatic carbocycles. The molecule has 3 rings (SSSR count). The Kier molecular flexibility index (Phi) is 8.62. The van der Waals surface area contributed by atoms with Gasteiger partial charge in [0.25, 0.3) is 0 Å². The molecule has 1 saturated heterocycles. The SMILES string of the molecule is CCCNC(=O)CN(C)CC(=O)N1CCN(C(c2ccccc2)c2ccccc2)CC1. The molecule has 1 heterocycles. The van der Waals surface area contributed by atoms with Crippen LogP contribution in [0.3, 0.4) is 0 Å². The molecule has 0 unspecified atom stereocenters. The van der Waals surface area contributed by atoms with Gasteiger partial charge in [0.15, 0.2) is 0 Å². The smallest absolute Gasteiger partial charge is 0.236 e. The van der Waals surface area contributed by atoms with Gasteiger partial charge in [0, 0.05) is 32.7 Å². The van der Waals surface area contributed by atoms with E-state index in [2.05, 4.69) is 58.7 Å². The first-order chi connectivity index (χ1) is 15.1. The number of amides is 2.